The Labute approximate surface area is 111 Å². The van der Waals surface area contributed by atoms with Crippen molar-refractivity contribution in [1.82, 2.24) is 10.3 Å². The Morgan fingerprint density at radius 1 is 1.39 bits per heavy atom. The second-order valence-corrected chi connectivity index (χ2v) is 5.31. The largest absolute Gasteiger partial charge is 0.357 e. The average Bonchev–Trinajstić information content (AvgIpc) is 2.41. The van der Waals surface area contributed by atoms with Crippen LogP contribution in [0.5, 0.6) is 0 Å². The minimum atomic E-state index is 0.654. The zero-order valence-electron chi connectivity index (χ0n) is 11.6. The van der Waals surface area contributed by atoms with Crippen LogP contribution in [0.1, 0.15) is 39.5 Å². The van der Waals surface area contributed by atoms with Gasteiger partial charge >= 0.3 is 0 Å². The second-order valence-electron chi connectivity index (χ2n) is 5.31. The fourth-order valence-electron chi connectivity index (χ4n) is 2.73. The van der Waals surface area contributed by atoms with Gasteiger partial charge in [0, 0.05) is 31.4 Å². The van der Waals surface area contributed by atoms with Gasteiger partial charge in [0.1, 0.15) is 5.82 Å². The molecule has 18 heavy (non-hydrogen) atoms. The molecule has 1 aromatic rings. The molecule has 1 saturated heterocycles. The molecular formula is C15H25N3. The number of pyridine rings is 1. The lowest BCUT2D eigenvalue weighted by Crippen LogP contribution is -2.45. The Morgan fingerprint density at radius 2 is 2.17 bits per heavy atom. The molecule has 2 heterocycles. The molecule has 1 fully saturated rings. The predicted molar refractivity (Wildman–Crippen MR) is 77.0 cm³/mol. The van der Waals surface area contributed by atoms with Crippen LogP contribution in [-0.2, 0) is 0 Å². The van der Waals surface area contributed by atoms with Crippen molar-refractivity contribution in [3.63, 3.8) is 0 Å². The molecule has 0 bridgehead atoms. The Bertz CT molecular complexity index is 331. The average molecular weight is 247 g/mol. The highest BCUT2D eigenvalue weighted by Gasteiger charge is 2.20. The Balaban J connectivity index is 1.78. The van der Waals surface area contributed by atoms with Gasteiger partial charge in [0.2, 0.25) is 0 Å². The van der Waals surface area contributed by atoms with Gasteiger partial charge in [0.15, 0.2) is 0 Å². The minimum absolute atomic E-state index is 0.654. The molecule has 1 aliphatic heterocycles. The van der Waals surface area contributed by atoms with Crippen molar-refractivity contribution >= 4 is 5.82 Å². The van der Waals surface area contributed by atoms with E-state index in [0.717, 1.165) is 18.9 Å². The summed E-state index contributed by atoms with van der Waals surface area (Å²) in [7, 11) is 0. The lowest BCUT2D eigenvalue weighted by atomic mass is 10.0. The SMILES string of the molecule is CCCC(C)NC1CCN(c2ccccn2)CC1. The fraction of sp³-hybridized carbons (Fsp3) is 0.667. The minimum Gasteiger partial charge on any atom is -0.357 e. The summed E-state index contributed by atoms with van der Waals surface area (Å²) in [4.78, 5) is 6.81. The standard InChI is InChI=1S/C15H25N3/c1-3-6-13(2)17-14-8-11-18(12-9-14)15-7-4-5-10-16-15/h4-5,7,10,13-14,17H,3,6,8-9,11-12H2,1-2H3. The summed E-state index contributed by atoms with van der Waals surface area (Å²) in [6.07, 6.45) is 6.87. The van der Waals surface area contributed by atoms with Gasteiger partial charge in [-0.1, -0.05) is 19.4 Å². The van der Waals surface area contributed by atoms with E-state index in [1.54, 1.807) is 0 Å². The second kappa shape index (κ2) is 6.74. The molecule has 0 saturated carbocycles. The highest BCUT2D eigenvalue weighted by atomic mass is 15.2. The van der Waals surface area contributed by atoms with Crippen LogP contribution < -0.4 is 10.2 Å². The van der Waals surface area contributed by atoms with Crippen LogP contribution in [0.4, 0.5) is 5.82 Å². The Hall–Kier alpha value is -1.09. The molecule has 1 N–H and O–H groups in total. The van der Waals surface area contributed by atoms with Gasteiger partial charge < -0.3 is 10.2 Å². The molecule has 0 radical (unpaired) electrons. The summed E-state index contributed by atoms with van der Waals surface area (Å²) in [5.74, 6) is 1.12. The number of nitrogens with one attached hydrogen (secondary N) is 1. The molecule has 1 aliphatic rings. The van der Waals surface area contributed by atoms with E-state index in [4.69, 9.17) is 0 Å². The third-order valence-electron chi connectivity index (χ3n) is 3.71. The zero-order chi connectivity index (χ0) is 12.8. The smallest absolute Gasteiger partial charge is 0.128 e. The molecule has 1 unspecified atom stereocenters. The van der Waals surface area contributed by atoms with Crippen molar-refractivity contribution < 1.29 is 0 Å². The van der Waals surface area contributed by atoms with E-state index in [1.165, 1.54) is 25.7 Å². The predicted octanol–water partition coefficient (Wildman–Crippen LogP) is 2.83. The number of hydrogen-bond acceptors (Lipinski definition) is 3. The van der Waals surface area contributed by atoms with Crippen LogP contribution in [0.25, 0.3) is 0 Å². The number of anilines is 1. The maximum Gasteiger partial charge on any atom is 0.128 e. The Kier molecular flexibility index (Phi) is 5.00. The first kappa shape index (κ1) is 13.3. The van der Waals surface area contributed by atoms with Gasteiger partial charge in [0.25, 0.3) is 0 Å². The van der Waals surface area contributed by atoms with Crippen molar-refractivity contribution in [2.45, 2.75) is 51.6 Å². The number of hydrogen-bond donors (Lipinski definition) is 1. The third-order valence-corrected chi connectivity index (χ3v) is 3.71. The lowest BCUT2D eigenvalue weighted by molar-refractivity contribution is 0.364. The van der Waals surface area contributed by atoms with Crippen molar-refractivity contribution in [2.24, 2.45) is 0 Å². The molecular weight excluding hydrogens is 222 g/mol. The van der Waals surface area contributed by atoms with Crippen LogP contribution in [0.15, 0.2) is 24.4 Å². The first-order valence-corrected chi connectivity index (χ1v) is 7.21. The Morgan fingerprint density at radius 3 is 2.78 bits per heavy atom. The van der Waals surface area contributed by atoms with Crippen LogP contribution in [0, 0.1) is 0 Å². The zero-order valence-corrected chi connectivity index (χ0v) is 11.6. The lowest BCUT2D eigenvalue weighted by Gasteiger charge is -2.34. The van der Waals surface area contributed by atoms with E-state index in [2.05, 4.69) is 41.2 Å². The molecule has 100 valence electrons. The summed E-state index contributed by atoms with van der Waals surface area (Å²) in [5.41, 5.74) is 0. The maximum atomic E-state index is 4.42. The van der Waals surface area contributed by atoms with E-state index in [0.29, 0.717) is 12.1 Å². The summed E-state index contributed by atoms with van der Waals surface area (Å²) >= 11 is 0. The first-order chi connectivity index (χ1) is 8.79. The summed E-state index contributed by atoms with van der Waals surface area (Å²) in [5, 5.41) is 3.74. The van der Waals surface area contributed by atoms with Gasteiger partial charge in [-0.15, -0.1) is 0 Å². The number of rotatable bonds is 5. The highest BCUT2D eigenvalue weighted by Crippen LogP contribution is 2.17. The van der Waals surface area contributed by atoms with Crippen molar-refractivity contribution in [3.05, 3.63) is 24.4 Å². The molecule has 1 atom stereocenters. The van der Waals surface area contributed by atoms with Crippen LogP contribution in [0.2, 0.25) is 0 Å². The van der Waals surface area contributed by atoms with Gasteiger partial charge in [-0.2, -0.15) is 0 Å². The molecule has 2 rings (SSSR count). The molecule has 0 aliphatic carbocycles. The summed E-state index contributed by atoms with van der Waals surface area (Å²) in [6, 6.07) is 7.49. The number of nitrogens with zero attached hydrogens (tertiary/aromatic N) is 2. The summed E-state index contributed by atoms with van der Waals surface area (Å²) < 4.78 is 0. The highest BCUT2D eigenvalue weighted by molar-refractivity contribution is 5.38. The van der Waals surface area contributed by atoms with Gasteiger partial charge in [-0.25, -0.2) is 4.98 Å². The quantitative estimate of drug-likeness (QED) is 0.867. The first-order valence-electron chi connectivity index (χ1n) is 7.21. The van der Waals surface area contributed by atoms with Gasteiger partial charge in [-0.05, 0) is 38.3 Å². The molecule has 0 aromatic carbocycles. The normalized spacial score (nSPS) is 18.9. The van der Waals surface area contributed by atoms with E-state index >= 15 is 0 Å². The monoisotopic (exact) mass is 247 g/mol. The van der Waals surface area contributed by atoms with Gasteiger partial charge in [0.05, 0.1) is 0 Å². The molecule has 3 nitrogen and oxygen atoms in total. The van der Waals surface area contributed by atoms with Gasteiger partial charge in [-0.3, -0.25) is 0 Å². The van der Waals surface area contributed by atoms with Crippen LogP contribution in [0.3, 0.4) is 0 Å². The number of aromatic nitrogens is 1. The van der Waals surface area contributed by atoms with Crippen molar-refractivity contribution in [1.29, 1.82) is 0 Å². The molecule has 0 spiro atoms. The van der Waals surface area contributed by atoms with E-state index in [9.17, 15) is 0 Å². The van der Waals surface area contributed by atoms with E-state index < -0.39 is 0 Å². The maximum absolute atomic E-state index is 4.42. The van der Waals surface area contributed by atoms with Crippen molar-refractivity contribution in [2.75, 3.05) is 18.0 Å². The summed E-state index contributed by atoms with van der Waals surface area (Å²) in [6.45, 7) is 6.79. The number of piperidine rings is 1. The molecule has 0 amide bonds. The topological polar surface area (TPSA) is 28.2 Å². The fourth-order valence-corrected chi connectivity index (χ4v) is 2.73. The molecule has 1 aromatic heterocycles. The molecule has 3 heteroatoms. The third kappa shape index (κ3) is 3.70. The van der Waals surface area contributed by atoms with Crippen LogP contribution in [-0.4, -0.2) is 30.2 Å². The van der Waals surface area contributed by atoms with Crippen LogP contribution >= 0.6 is 0 Å². The van der Waals surface area contributed by atoms with Crippen molar-refractivity contribution in [3.8, 4) is 0 Å². The van der Waals surface area contributed by atoms with E-state index in [-0.39, 0.29) is 0 Å². The van der Waals surface area contributed by atoms with E-state index in [1.807, 2.05) is 12.3 Å².